The molecule has 1 fully saturated rings. The van der Waals surface area contributed by atoms with Crippen molar-refractivity contribution in [3.63, 3.8) is 0 Å². The molecule has 0 aliphatic carbocycles. The number of benzene rings is 1. The predicted octanol–water partition coefficient (Wildman–Crippen LogP) is 3.56. The Morgan fingerprint density at radius 1 is 1.19 bits per heavy atom. The van der Waals surface area contributed by atoms with Crippen LogP contribution in [0.2, 0.25) is 10.0 Å². The predicted molar refractivity (Wildman–Crippen MR) is 107 cm³/mol. The summed E-state index contributed by atoms with van der Waals surface area (Å²) in [7, 11) is 0. The molecule has 1 amide bonds. The normalized spacial score (nSPS) is 14.6. The van der Waals surface area contributed by atoms with Crippen molar-refractivity contribution < 1.29 is 4.79 Å². The molecule has 1 aliphatic rings. The van der Waals surface area contributed by atoms with E-state index in [4.69, 9.17) is 23.2 Å². The Morgan fingerprint density at radius 3 is 2.63 bits per heavy atom. The fourth-order valence-corrected chi connectivity index (χ4v) is 3.06. The highest BCUT2D eigenvalue weighted by atomic mass is 35.5. The van der Waals surface area contributed by atoms with Gasteiger partial charge in [0, 0.05) is 43.6 Å². The lowest BCUT2D eigenvalue weighted by atomic mass is 10.2. The van der Waals surface area contributed by atoms with Gasteiger partial charge in [-0.25, -0.2) is 4.98 Å². The van der Waals surface area contributed by atoms with Gasteiger partial charge in [-0.2, -0.15) is 5.26 Å². The summed E-state index contributed by atoms with van der Waals surface area (Å²) >= 11 is 12.0. The van der Waals surface area contributed by atoms with Crippen molar-refractivity contribution in [1.82, 2.24) is 9.88 Å². The van der Waals surface area contributed by atoms with E-state index in [9.17, 15) is 10.1 Å². The topological polar surface area (TPSA) is 72.3 Å². The standard InChI is InChI=1S/C19H17Cl2N5O/c20-15-4-5-16(21)17(11-15)24-19(27)14(12-22)13-25-7-9-26(10-8-25)18-3-1-2-6-23-18/h1-6,11,13H,7-10H2,(H,24,27)/b14-13-. The molecule has 1 aliphatic heterocycles. The Bertz CT molecular complexity index is 887. The number of nitrogens with one attached hydrogen (secondary N) is 1. The summed E-state index contributed by atoms with van der Waals surface area (Å²) in [6.45, 7) is 2.89. The number of nitrogens with zero attached hydrogens (tertiary/aromatic N) is 4. The third-order valence-corrected chi connectivity index (χ3v) is 4.71. The van der Waals surface area contributed by atoms with Crippen molar-refractivity contribution >= 4 is 40.6 Å². The first kappa shape index (κ1) is 19.0. The summed E-state index contributed by atoms with van der Waals surface area (Å²) in [4.78, 5) is 20.9. The van der Waals surface area contributed by atoms with Crippen molar-refractivity contribution in [2.24, 2.45) is 0 Å². The third kappa shape index (κ3) is 4.91. The zero-order chi connectivity index (χ0) is 19.2. The number of carbonyl (C=O) groups excluding carboxylic acids is 1. The average molecular weight is 402 g/mol. The number of nitriles is 1. The van der Waals surface area contributed by atoms with E-state index in [1.54, 1.807) is 30.6 Å². The van der Waals surface area contributed by atoms with E-state index in [0.717, 1.165) is 18.9 Å². The molecule has 27 heavy (non-hydrogen) atoms. The monoisotopic (exact) mass is 401 g/mol. The molecular weight excluding hydrogens is 385 g/mol. The van der Waals surface area contributed by atoms with E-state index >= 15 is 0 Å². The first-order valence-corrected chi connectivity index (χ1v) is 9.11. The maximum Gasteiger partial charge on any atom is 0.267 e. The van der Waals surface area contributed by atoms with Gasteiger partial charge in [-0.15, -0.1) is 0 Å². The van der Waals surface area contributed by atoms with E-state index in [-0.39, 0.29) is 5.57 Å². The minimum absolute atomic E-state index is 0.0114. The van der Waals surface area contributed by atoms with Crippen LogP contribution in [0.5, 0.6) is 0 Å². The van der Waals surface area contributed by atoms with Crippen LogP contribution in [0.1, 0.15) is 0 Å². The molecule has 2 aromatic rings. The Balaban J connectivity index is 1.64. The number of hydrogen-bond acceptors (Lipinski definition) is 5. The molecule has 2 heterocycles. The molecule has 0 bridgehead atoms. The van der Waals surface area contributed by atoms with Crippen LogP contribution >= 0.6 is 23.2 Å². The molecule has 138 valence electrons. The molecule has 0 unspecified atom stereocenters. The van der Waals surface area contributed by atoms with Crippen molar-refractivity contribution in [1.29, 1.82) is 5.26 Å². The summed E-state index contributed by atoms with van der Waals surface area (Å²) < 4.78 is 0. The number of aromatic nitrogens is 1. The second-order valence-electron chi connectivity index (χ2n) is 5.94. The van der Waals surface area contributed by atoms with Crippen LogP contribution in [-0.4, -0.2) is 42.0 Å². The van der Waals surface area contributed by atoms with Crippen LogP contribution in [-0.2, 0) is 4.79 Å². The zero-order valence-corrected chi connectivity index (χ0v) is 15.9. The maximum absolute atomic E-state index is 12.4. The van der Waals surface area contributed by atoms with Gasteiger partial charge in [-0.3, -0.25) is 4.79 Å². The summed E-state index contributed by atoms with van der Waals surface area (Å²) in [5.41, 5.74) is 0.382. The molecule has 0 atom stereocenters. The Labute approximate surface area is 167 Å². The van der Waals surface area contributed by atoms with Crippen molar-refractivity contribution in [2.75, 3.05) is 36.4 Å². The smallest absolute Gasteiger partial charge is 0.267 e. The molecule has 1 saturated heterocycles. The maximum atomic E-state index is 12.4. The van der Waals surface area contributed by atoms with Gasteiger partial charge >= 0.3 is 0 Å². The molecule has 0 radical (unpaired) electrons. The fraction of sp³-hybridized carbons (Fsp3) is 0.211. The summed E-state index contributed by atoms with van der Waals surface area (Å²) in [5, 5.41) is 12.8. The molecule has 0 saturated carbocycles. The van der Waals surface area contributed by atoms with E-state index < -0.39 is 5.91 Å². The third-order valence-electron chi connectivity index (χ3n) is 4.14. The van der Waals surface area contributed by atoms with Crippen molar-refractivity contribution in [2.45, 2.75) is 0 Å². The Kier molecular flexibility index (Phi) is 6.17. The number of carbonyl (C=O) groups is 1. The zero-order valence-electron chi connectivity index (χ0n) is 14.4. The van der Waals surface area contributed by atoms with Crippen molar-refractivity contribution in [3.05, 3.63) is 64.4 Å². The van der Waals surface area contributed by atoms with Gasteiger partial charge in [0.2, 0.25) is 0 Å². The molecule has 1 N–H and O–H groups in total. The molecule has 1 aromatic carbocycles. The second kappa shape index (κ2) is 8.76. The Morgan fingerprint density at radius 2 is 1.96 bits per heavy atom. The van der Waals surface area contributed by atoms with E-state index in [1.165, 1.54) is 0 Å². The number of halogens is 2. The van der Waals surface area contributed by atoms with Crippen LogP contribution in [0.15, 0.2) is 54.4 Å². The number of amides is 1. The number of pyridine rings is 1. The molecule has 0 spiro atoms. The molecule has 3 rings (SSSR count). The van der Waals surface area contributed by atoms with Crippen LogP contribution in [0.3, 0.4) is 0 Å². The van der Waals surface area contributed by atoms with Crippen LogP contribution in [0, 0.1) is 11.3 Å². The van der Waals surface area contributed by atoms with Gasteiger partial charge in [0.05, 0.1) is 10.7 Å². The minimum Gasteiger partial charge on any atom is -0.373 e. The van der Waals surface area contributed by atoms with Gasteiger partial charge in [-0.05, 0) is 30.3 Å². The quantitative estimate of drug-likeness (QED) is 0.626. The van der Waals surface area contributed by atoms with Crippen LogP contribution in [0.25, 0.3) is 0 Å². The SMILES string of the molecule is N#C/C(=C/N1CCN(c2ccccn2)CC1)C(=O)Nc1cc(Cl)ccc1Cl. The number of hydrogen-bond donors (Lipinski definition) is 1. The van der Waals surface area contributed by atoms with Gasteiger partial charge in [0.15, 0.2) is 0 Å². The summed E-state index contributed by atoms with van der Waals surface area (Å²) in [5.74, 6) is 0.406. The van der Waals surface area contributed by atoms with E-state index in [0.29, 0.717) is 28.8 Å². The molecular formula is C19H17Cl2N5O. The number of piperazine rings is 1. The van der Waals surface area contributed by atoms with Gasteiger partial charge < -0.3 is 15.1 Å². The summed E-state index contributed by atoms with van der Waals surface area (Å²) in [6.07, 6.45) is 3.35. The molecule has 8 heteroatoms. The highest BCUT2D eigenvalue weighted by molar-refractivity contribution is 6.35. The van der Waals surface area contributed by atoms with Crippen LogP contribution in [0.4, 0.5) is 11.5 Å². The highest BCUT2D eigenvalue weighted by Crippen LogP contribution is 2.25. The van der Waals surface area contributed by atoms with E-state index in [2.05, 4.69) is 15.2 Å². The fourth-order valence-electron chi connectivity index (χ4n) is 2.72. The average Bonchev–Trinajstić information content (AvgIpc) is 2.70. The lowest BCUT2D eigenvalue weighted by Crippen LogP contribution is -2.44. The first-order chi connectivity index (χ1) is 13.1. The van der Waals surface area contributed by atoms with Gasteiger partial charge in [-0.1, -0.05) is 29.3 Å². The summed E-state index contributed by atoms with van der Waals surface area (Å²) in [6, 6.07) is 12.5. The highest BCUT2D eigenvalue weighted by Gasteiger charge is 2.18. The lowest BCUT2D eigenvalue weighted by molar-refractivity contribution is -0.112. The second-order valence-corrected chi connectivity index (χ2v) is 6.79. The van der Waals surface area contributed by atoms with Crippen LogP contribution < -0.4 is 10.2 Å². The van der Waals surface area contributed by atoms with Gasteiger partial charge in [0.25, 0.3) is 5.91 Å². The van der Waals surface area contributed by atoms with Gasteiger partial charge in [0.1, 0.15) is 17.5 Å². The first-order valence-electron chi connectivity index (χ1n) is 8.35. The largest absolute Gasteiger partial charge is 0.373 e. The van der Waals surface area contributed by atoms with Crippen molar-refractivity contribution in [3.8, 4) is 6.07 Å². The minimum atomic E-state index is -0.520. The number of rotatable bonds is 4. The lowest BCUT2D eigenvalue weighted by Gasteiger charge is -2.34. The molecule has 1 aromatic heterocycles. The van der Waals surface area contributed by atoms with E-state index in [1.807, 2.05) is 29.2 Å². The molecule has 6 nitrogen and oxygen atoms in total. The number of anilines is 2. The Hall–Kier alpha value is -2.75.